The Morgan fingerprint density at radius 1 is 1.28 bits per heavy atom. The average molecular weight is 470 g/mol. The number of ether oxygens (including phenoxy) is 1. The van der Waals surface area contributed by atoms with E-state index in [9.17, 15) is 5.11 Å². The Labute approximate surface area is 198 Å². The maximum Gasteiger partial charge on any atom is 0.119 e. The van der Waals surface area contributed by atoms with Crippen molar-refractivity contribution in [2.75, 3.05) is 33.4 Å². The van der Waals surface area contributed by atoms with Gasteiger partial charge in [0.25, 0.3) is 0 Å². The molecular formula is C25H28ClN3O2S. The van der Waals surface area contributed by atoms with Gasteiger partial charge in [-0.15, -0.1) is 11.3 Å². The zero-order valence-corrected chi connectivity index (χ0v) is 19.9. The van der Waals surface area contributed by atoms with Gasteiger partial charge in [-0.3, -0.25) is 14.9 Å². The monoisotopic (exact) mass is 469 g/mol. The van der Waals surface area contributed by atoms with Crippen molar-refractivity contribution in [2.24, 2.45) is 5.41 Å². The minimum Gasteiger partial charge on any atom is -0.497 e. The van der Waals surface area contributed by atoms with Crippen LogP contribution >= 0.6 is 22.9 Å². The number of aromatic nitrogens is 2. The summed E-state index contributed by atoms with van der Waals surface area (Å²) in [5.41, 5.74) is 3.82. The van der Waals surface area contributed by atoms with Crippen molar-refractivity contribution >= 4 is 33.8 Å². The maximum absolute atomic E-state index is 10.2. The zero-order chi connectivity index (χ0) is 22.4. The van der Waals surface area contributed by atoms with Crippen molar-refractivity contribution in [1.82, 2.24) is 14.9 Å². The van der Waals surface area contributed by atoms with Crippen LogP contribution in [0.25, 0.3) is 10.9 Å². The van der Waals surface area contributed by atoms with Gasteiger partial charge in [0.05, 0.1) is 40.8 Å². The SMILES string of the molecule is COc1ccc2ncc(Cl)c(CCCC3(CO)CCN(CC#Cc4cncs4)CC3)c2c1. The van der Waals surface area contributed by atoms with Crippen molar-refractivity contribution < 1.29 is 9.84 Å². The van der Waals surface area contributed by atoms with Crippen LogP contribution in [-0.4, -0.2) is 53.3 Å². The second kappa shape index (κ2) is 10.6. The molecule has 32 heavy (non-hydrogen) atoms. The molecule has 3 heterocycles. The van der Waals surface area contributed by atoms with Crippen molar-refractivity contribution in [3.8, 4) is 17.6 Å². The molecule has 0 atom stereocenters. The lowest BCUT2D eigenvalue weighted by Crippen LogP contribution is -2.42. The van der Waals surface area contributed by atoms with E-state index in [-0.39, 0.29) is 12.0 Å². The number of rotatable bonds is 7. The highest BCUT2D eigenvalue weighted by atomic mass is 35.5. The Morgan fingerprint density at radius 3 is 2.84 bits per heavy atom. The van der Waals surface area contributed by atoms with Crippen molar-refractivity contribution in [3.63, 3.8) is 0 Å². The minimum absolute atomic E-state index is 0.0192. The molecule has 3 aromatic rings. The Hall–Kier alpha value is -2.17. The Kier molecular flexibility index (Phi) is 7.64. The fourth-order valence-electron chi connectivity index (χ4n) is 4.41. The number of nitrogens with zero attached hydrogens (tertiary/aromatic N) is 3. The maximum atomic E-state index is 10.2. The number of pyridine rings is 1. The van der Waals surface area contributed by atoms with Gasteiger partial charge in [0.15, 0.2) is 0 Å². The number of aliphatic hydroxyl groups is 1. The molecule has 0 spiro atoms. The van der Waals surface area contributed by atoms with Crippen LogP contribution in [0.15, 0.2) is 36.1 Å². The number of aliphatic hydroxyl groups excluding tert-OH is 1. The smallest absolute Gasteiger partial charge is 0.119 e. The summed E-state index contributed by atoms with van der Waals surface area (Å²) >= 11 is 8.09. The first-order chi connectivity index (χ1) is 15.6. The van der Waals surface area contributed by atoms with Crippen LogP contribution < -0.4 is 4.74 Å². The largest absolute Gasteiger partial charge is 0.497 e. The number of methoxy groups -OCH3 is 1. The van der Waals surface area contributed by atoms with Gasteiger partial charge in [-0.1, -0.05) is 23.4 Å². The lowest BCUT2D eigenvalue weighted by Gasteiger charge is -2.40. The van der Waals surface area contributed by atoms with E-state index < -0.39 is 0 Å². The molecule has 1 aliphatic heterocycles. The number of halogens is 1. The van der Waals surface area contributed by atoms with Crippen LogP contribution in [-0.2, 0) is 6.42 Å². The van der Waals surface area contributed by atoms with Gasteiger partial charge in [0.2, 0.25) is 0 Å². The molecule has 0 amide bonds. The highest BCUT2D eigenvalue weighted by Crippen LogP contribution is 2.37. The molecule has 2 aromatic heterocycles. The van der Waals surface area contributed by atoms with Gasteiger partial charge < -0.3 is 9.84 Å². The Morgan fingerprint density at radius 2 is 2.12 bits per heavy atom. The summed E-state index contributed by atoms with van der Waals surface area (Å²) in [7, 11) is 1.67. The van der Waals surface area contributed by atoms with E-state index in [1.807, 2.05) is 18.2 Å². The Bertz CT molecular complexity index is 1100. The van der Waals surface area contributed by atoms with Crippen molar-refractivity contribution in [3.05, 3.63) is 51.6 Å². The van der Waals surface area contributed by atoms with Gasteiger partial charge in [0, 0.05) is 18.2 Å². The fraction of sp³-hybridized carbons (Fsp3) is 0.440. The third-order valence-corrected chi connectivity index (χ3v) is 7.48. The van der Waals surface area contributed by atoms with Crippen LogP contribution in [0, 0.1) is 17.3 Å². The van der Waals surface area contributed by atoms with Gasteiger partial charge in [-0.2, -0.15) is 0 Å². The second-order valence-electron chi connectivity index (χ2n) is 8.42. The molecule has 0 radical (unpaired) electrons. The molecule has 168 valence electrons. The summed E-state index contributed by atoms with van der Waals surface area (Å²) < 4.78 is 5.39. The molecule has 1 aliphatic rings. The summed E-state index contributed by atoms with van der Waals surface area (Å²) in [4.78, 5) is 11.9. The summed E-state index contributed by atoms with van der Waals surface area (Å²) in [5, 5.41) is 12.0. The first-order valence-electron chi connectivity index (χ1n) is 10.9. The first kappa shape index (κ1) is 23.0. The van der Waals surface area contributed by atoms with E-state index in [4.69, 9.17) is 16.3 Å². The molecule has 1 fully saturated rings. The zero-order valence-electron chi connectivity index (χ0n) is 18.3. The normalized spacial score (nSPS) is 16.0. The van der Waals surface area contributed by atoms with E-state index in [1.54, 1.807) is 36.4 Å². The third kappa shape index (κ3) is 5.41. The summed E-state index contributed by atoms with van der Waals surface area (Å²) in [5.74, 6) is 7.23. The van der Waals surface area contributed by atoms with Gasteiger partial charge in [-0.25, -0.2) is 0 Å². The van der Waals surface area contributed by atoms with Gasteiger partial charge in [-0.05, 0) is 74.4 Å². The highest BCUT2D eigenvalue weighted by molar-refractivity contribution is 7.10. The number of hydrogen-bond acceptors (Lipinski definition) is 6. The van der Waals surface area contributed by atoms with Crippen LogP contribution in [0.1, 0.15) is 36.1 Å². The van der Waals surface area contributed by atoms with Crippen LogP contribution in [0.4, 0.5) is 0 Å². The molecule has 0 aliphatic carbocycles. The summed E-state index contributed by atoms with van der Waals surface area (Å²) in [6, 6.07) is 5.90. The summed E-state index contributed by atoms with van der Waals surface area (Å²) in [6.45, 7) is 2.92. The topological polar surface area (TPSA) is 58.5 Å². The Balaban J connectivity index is 1.35. The number of likely N-dealkylation sites (tertiary alicyclic amines) is 1. The quantitative estimate of drug-likeness (QED) is 0.503. The molecule has 1 saturated heterocycles. The number of hydrogen-bond donors (Lipinski definition) is 1. The third-order valence-electron chi connectivity index (χ3n) is 6.47. The number of piperidine rings is 1. The molecule has 0 bridgehead atoms. The molecule has 7 heteroatoms. The highest BCUT2D eigenvalue weighted by Gasteiger charge is 2.33. The van der Waals surface area contributed by atoms with Crippen LogP contribution in [0.2, 0.25) is 5.02 Å². The number of thiazole rings is 1. The average Bonchev–Trinajstić information content (AvgIpc) is 3.35. The predicted octanol–water partition coefficient (Wildman–Crippen LogP) is 4.80. The molecule has 1 aromatic carbocycles. The second-order valence-corrected chi connectivity index (χ2v) is 9.72. The molecule has 0 unspecified atom stereocenters. The molecule has 4 rings (SSSR count). The molecule has 0 saturated carbocycles. The van der Waals surface area contributed by atoms with E-state index in [0.29, 0.717) is 5.02 Å². The van der Waals surface area contributed by atoms with E-state index >= 15 is 0 Å². The van der Waals surface area contributed by atoms with Crippen molar-refractivity contribution in [2.45, 2.75) is 32.1 Å². The number of benzene rings is 1. The first-order valence-corrected chi connectivity index (χ1v) is 12.2. The minimum atomic E-state index is -0.0192. The predicted molar refractivity (Wildman–Crippen MR) is 130 cm³/mol. The fourth-order valence-corrected chi connectivity index (χ4v) is 5.15. The van der Waals surface area contributed by atoms with Crippen LogP contribution in [0.3, 0.4) is 0 Å². The number of fused-ring (bicyclic) bond motifs is 1. The van der Waals surface area contributed by atoms with E-state index in [0.717, 1.165) is 78.8 Å². The number of aryl methyl sites for hydroxylation is 1. The molecule has 1 N–H and O–H groups in total. The lowest BCUT2D eigenvalue weighted by molar-refractivity contribution is 0.0401. The van der Waals surface area contributed by atoms with E-state index in [2.05, 4.69) is 26.7 Å². The van der Waals surface area contributed by atoms with Crippen molar-refractivity contribution in [1.29, 1.82) is 0 Å². The lowest BCUT2D eigenvalue weighted by atomic mass is 9.75. The molecular weight excluding hydrogens is 442 g/mol. The molecule has 5 nitrogen and oxygen atoms in total. The standard InChI is InChI=1S/C25H28ClN3O2S/c1-31-19-6-7-24-22(14-19)21(23(26)16-28-24)5-2-8-25(17-30)9-12-29(13-10-25)11-3-4-20-15-27-18-32-20/h6-7,14-16,18,30H,2,5,8-13,17H2,1H3. The van der Waals surface area contributed by atoms with Gasteiger partial charge in [0.1, 0.15) is 5.75 Å². The van der Waals surface area contributed by atoms with Crippen LogP contribution in [0.5, 0.6) is 5.75 Å². The van der Waals surface area contributed by atoms with Gasteiger partial charge >= 0.3 is 0 Å². The van der Waals surface area contributed by atoms with E-state index in [1.165, 1.54) is 0 Å². The summed E-state index contributed by atoms with van der Waals surface area (Å²) in [6.07, 6.45) is 8.33.